The second-order valence-electron chi connectivity index (χ2n) is 3.30. The standard InChI is InChI=1S/C10H12N4S2/c1-7-3-8(4-11-2)5-12-9(7)16-10-14-13-6-15-10/h3,5-6,11H,4H2,1-2H3. The summed E-state index contributed by atoms with van der Waals surface area (Å²) in [7, 11) is 1.93. The quantitative estimate of drug-likeness (QED) is 0.903. The molecule has 0 aliphatic rings. The normalized spacial score (nSPS) is 10.6. The second kappa shape index (κ2) is 5.38. The van der Waals surface area contributed by atoms with E-state index in [0.717, 1.165) is 15.9 Å². The Morgan fingerprint density at radius 2 is 2.38 bits per heavy atom. The number of pyridine rings is 1. The number of rotatable bonds is 4. The lowest BCUT2D eigenvalue weighted by Crippen LogP contribution is -2.05. The summed E-state index contributed by atoms with van der Waals surface area (Å²) in [6.07, 6.45) is 1.90. The van der Waals surface area contributed by atoms with Crippen LogP contribution in [0.2, 0.25) is 0 Å². The van der Waals surface area contributed by atoms with Crippen molar-refractivity contribution in [1.29, 1.82) is 0 Å². The van der Waals surface area contributed by atoms with Crippen LogP contribution < -0.4 is 5.32 Å². The van der Waals surface area contributed by atoms with Crippen LogP contribution in [-0.4, -0.2) is 22.2 Å². The van der Waals surface area contributed by atoms with Gasteiger partial charge >= 0.3 is 0 Å². The van der Waals surface area contributed by atoms with Crippen LogP contribution in [0.25, 0.3) is 0 Å². The fourth-order valence-corrected chi connectivity index (χ4v) is 2.73. The number of nitrogens with zero attached hydrogens (tertiary/aromatic N) is 3. The van der Waals surface area contributed by atoms with Crippen molar-refractivity contribution in [2.24, 2.45) is 0 Å². The summed E-state index contributed by atoms with van der Waals surface area (Å²) in [5.74, 6) is 0. The SMILES string of the molecule is CNCc1cnc(Sc2nncs2)c(C)c1. The fraction of sp³-hybridized carbons (Fsp3) is 0.300. The summed E-state index contributed by atoms with van der Waals surface area (Å²) in [4.78, 5) is 4.43. The maximum atomic E-state index is 4.43. The first kappa shape index (κ1) is 11.5. The number of hydrogen-bond donors (Lipinski definition) is 1. The van der Waals surface area contributed by atoms with Crippen molar-refractivity contribution in [3.8, 4) is 0 Å². The second-order valence-corrected chi connectivity index (χ2v) is 5.37. The van der Waals surface area contributed by atoms with E-state index >= 15 is 0 Å². The van der Waals surface area contributed by atoms with E-state index in [1.807, 2.05) is 13.2 Å². The number of hydrogen-bond acceptors (Lipinski definition) is 6. The van der Waals surface area contributed by atoms with Crippen molar-refractivity contribution in [3.63, 3.8) is 0 Å². The summed E-state index contributed by atoms with van der Waals surface area (Å²) in [5.41, 5.74) is 4.10. The van der Waals surface area contributed by atoms with Gasteiger partial charge in [-0.05, 0) is 36.9 Å². The molecule has 2 heterocycles. The van der Waals surface area contributed by atoms with Gasteiger partial charge in [-0.1, -0.05) is 17.4 Å². The molecule has 0 unspecified atom stereocenters. The van der Waals surface area contributed by atoms with Crippen LogP contribution in [-0.2, 0) is 6.54 Å². The summed E-state index contributed by atoms with van der Waals surface area (Å²) in [6.45, 7) is 2.91. The molecule has 0 saturated heterocycles. The van der Waals surface area contributed by atoms with Crippen molar-refractivity contribution in [3.05, 3.63) is 28.9 Å². The lowest BCUT2D eigenvalue weighted by atomic mass is 10.2. The first-order valence-corrected chi connectivity index (χ1v) is 6.53. The van der Waals surface area contributed by atoms with Gasteiger partial charge in [0.25, 0.3) is 0 Å². The third kappa shape index (κ3) is 2.78. The predicted octanol–water partition coefficient (Wildman–Crippen LogP) is 2.11. The molecular formula is C10H12N4S2. The highest BCUT2D eigenvalue weighted by molar-refractivity contribution is 8.01. The largest absolute Gasteiger partial charge is 0.316 e. The molecule has 0 aromatic carbocycles. The van der Waals surface area contributed by atoms with Crippen molar-refractivity contribution >= 4 is 23.1 Å². The predicted molar refractivity (Wildman–Crippen MR) is 65.8 cm³/mol. The van der Waals surface area contributed by atoms with Gasteiger partial charge in [0.2, 0.25) is 0 Å². The highest BCUT2D eigenvalue weighted by Gasteiger charge is 2.06. The van der Waals surface area contributed by atoms with Gasteiger partial charge in [0.1, 0.15) is 10.5 Å². The van der Waals surface area contributed by atoms with Crippen LogP contribution in [0, 0.1) is 6.92 Å². The van der Waals surface area contributed by atoms with Crippen LogP contribution in [0.1, 0.15) is 11.1 Å². The van der Waals surface area contributed by atoms with E-state index in [9.17, 15) is 0 Å². The van der Waals surface area contributed by atoms with E-state index in [4.69, 9.17) is 0 Å². The minimum atomic E-state index is 0.845. The molecule has 0 aliphatic heterocycles. The van der Waals surface area contributed by atoms with Crippen LogP contribution >= 0.6 is 23.1 Å². The van der Waals surface area contributed by atoms with E-state index < -0.39 is 0 Å². The molecule has 6 heteroatoms. The van der Waals surface area contributed by atoms with Gasteiger partial charge in [-0.15, -0.1) is 10.2 Å². The Balaban J connectivity index is 2.16. The molecule has 2 aromatic heterocycles. The average Bonchev–Trinajstić information content (AvgIpc) is 2.75. The zero-order valence-electron chi connectivity index (χ0n) is 9.10. The Morgan fingerprint density at radius 3 is 3.00 bits per heavy atom. The van der Waals surface area contributed by atoms with E-state index in [-0.39, 0.29) is 0 Å². The molecule has 2 aromatic rings. The Bertz CT molecular complexity index is 456. The van der Waals surface area contributed by atoms with Crippen LogP contribution in [0.4, 0.5) is 0 Å². The highest BCUT2D eigenvalue weighted by Crippen LogP contribution is 2.29. The minimum absolute atomic E-state index is 0.845. The van der Waals surface area contributed by atoms with Crippen molar-refractivity contribution < 1.29 is 0 Å². The first-order chi connectivity index (χ1) is 7.79. The zero-order valence-corrected chi connectivity index (χ0v) is 10.7. The summed E-state index contributed by atoms with van der Waals surface area (Å²) in [5, 5.41) is 11.9. The molecule has 0 bridgehead atoms. The third-order valence-electron chi connectivity index (χ3n) is 1.99. The van der Waals surface area contributed by atoms with Crippen LogP contribution in [0.5, 0.6) is 0 Å². The van der Waals surface area contributed by atoms with Crippen molar-refractivity contribution in [2.45, 2.75) is 22.8 Å². The molecule has 1 N–H and O–H groups in total. The van der Waals surface area contributed by atoms with Gasteiger partial charge in [0, 0.05) is 12.7 Å². The van der Waals surface area contributed by atoms with E-state index in [0.29, 0.717) is 0 Å². The van der Waals surface area contributed by atoms with Crippen LogP contribution in [0.15, 0.2) is 27.1 Å². The molecule has 0 radical (unpaired) electrons. The molecule has 0 fully saturated rings. The monoisotopic (exact) mass is 252 g/mol. The Kier molecular flexibility index (Phi) is 3.87. The third-order valence-corrected chi connectivity index (χ3v) is 3.89. The Morgan fingerprint density at radius 1 is 1.50 bits per heavy atom. The molecule has 0 saturated carbocycles. The van der Waals surface area contributed by atoms with Crippen LogP contribution in [0.3, 0.4) is 0 Å². The molecule has 0 atom stereocenters. The molecule has 0 amide bonds. The van der Waals surface area contributed by atoms with Gasteiger partial charge in [0.15, 0.2) is 4.34 Å². The van der Waals surface area contributed by atoms with Gasteiger partial charge in [0.05, 0.1) is 0 Å². The summed E-state index contributed by atoms with van der Waals surface area (Å²) >= 11 is 3.09. The highest BCUT2D eigenvalue weighted by atomic mass is 32.2. The maximum absolute atomic E-state index is 4.43. The molecule has 4 nitrogen and oxygen atoms in total. The van der Waals surface area contributed by atoms with E-state index in [1.54, 1.807) is 17.3 Å². The van der Waals surface area contributed by atoms with Crippen molar-refractivity contribution in [1.82, 2.24) is 20.5 Å². The lowest BCUT2D eigenvalue weighted by Gasteiger charge is -2.05. The van der Waals surface area contributed by atoms with E-state index in [1.165, 1.54) is 22.5 Å². The number of aromatic nitrogens is 3. The minimum Gasteiger partial charge on any atom is -0.316 e. The summed E-state index contributed by atoms with van der Waals surface area (Å²) in [6, 6.07) is 2.15. The van der Waals surface area contributed by atoms with Crippen molar-refractivity contribution in [2.75, 3.05) is 7.05 Å². The van der Waals surface area contributed by atoms with E-state index in [2.05, 4.69) is 33.5 Å². The zero-order chi connectivity index (χ0) is 11.4. The number of aryl methyl sites for hydroxylation is 1. The van der Waals surface area contributed by atoms with Gasteiger partial charge in [-0.3, -0.25) is 0 Å². The lowest BCUT2D eigenvalue weighted by molar-refractivity contribution is 0.806. The first-order valence-electron chi connectivity index (χ1n) is 4.83. The molecule has 16 heavy (non-hydrogen) atoms. The maximum Gasteiger partial charge on any atom is 0.180 e. The molecule has 2 rings (SSSR count). The Labute approximate surface area is 103 Å². The smallest absolute Gasteiger partial charge is 0.180 e. The molecule has 0 aliphatic carbocycles. The number of nitrogens with one attached hydrogen (secondary N) is 1. The van der Waals surface area contributed by atoms with Gasteiger partial charge in [-0.25, -0.2) is 4.98 Å². The average molecular weight is 252 g/mol. The van der Waals surface area contributed by atoms with Gasteiger partial charge in [-0.2, -0.15) is 0 Å². The summed E-state index contributed by atoms with van der Waals surface area (Å²) < 4.78 is 0.928. The molecule has 0 spiro atoms. The van der Waals surface area contributed by atoms with Gasteiger partial charge < -0.3 is 5.32 Å². The topological polar surface area (TPSA) is 50.7 Å². The Hall–Kier alpha value is -0.980. The fourth-order valence-electron chi connectivity index (χ4n) is 1.32. The molecule has 84 valence electrons. The molecular weight excluding hydrogens is 240 g/mol.